The van der Waals surface area contributed by atoms with Crippen molar-refractivity contribution in [3.05, 3.63) is 59.7 Å². The Morgan fingerprint density at radius 3 is 2.03 bits per heavy atom. The minimum absolute atomic E-state index is 0.0922. The number of fused-ring (bicyclic) bond motifs is 3. The van der Waals surface area contributed by atoms with Crippen LogP contribution < -0.4 is 16.0 Å². The summed E-state index contributed by atoms with van der Waals surface area (Å²) in [6, 6.07) is 15.1. The Hall–Kier alpha value is -3.88. The predicted molar refractivity (Wildman–Crippen MR) is 125 cm³/mol. The first-order valence-corrected chi connectivity index (χ1v) is 11.1. The van der Waals surface area contributed by atoms with Gasteiger partial charge in [0.25, 0.3) is 0 Å². The van der Waals surface area contributed by atoms with E-state index in [9.17, 15) is 19.2 Å². The van der Waals surface area contributed by atoms with Crippen LogP contribution in [0, 0.1) is 5.92 Å². The van der Waals surface area contributed by atoms with Crippen LogP contribution in [0.1, 0.15) is 37.8 Å². The molecule has 2 aromatic carbocycles. The molecule has 9 heteroatoms. The van der Waals surface area contributed by atoms with E-state index in [1.54, 1.807) is 13.8 Å². The summed E-state index contributed by atoms with van der Waals surface area (Å²) in [6.45, 7) is 4.29. The lowest BCUT2D eigenvalue weighted by Gasteiger charge is -2.22. The number of rotatable bonds is 9. The van der Waals surface area contributed by atoms with E-state index < -0.39 is 29.9 Å². The van der Waals surface area contributed by atoms with E-state index in [4.69, 9.17) is 4.74 Å². The number of hydrogen-bond acceptors (Lipinski definition) is 6. The highest BCUT2D eigenvalue weighted by molar-refractivity contribution is 5.89. The first kappa shape index (κ1) is 24.8. The number of carbonyl (C=O) groups is 4. The largest absolute Gasteiger partial charge is 0.449 e. The standard InChI is InChI=1S/C25H29N3O6/c1-15(2)23(24(31)26-12-22(30)27-14-34-16(3)29)28-25(32)33-13-21-19-10-6-4-8-17(19)18-9-5-7-11-20(18)21/h4-11,15,21,23H,12-14H2,1-3H3,(H,26,31)(H,27,30)(H,28,32). The maximum absolute atomic E-state index is 12.5. The Balaban J connectivity index is 1.54. The number of hydrogen-bond donors (Lipinski definition) is 3. The van der Waals surface area contributed by atoms with Crippen molar-refractivity contribution in [1.82, 2.24) is 16.0 Å². The van der Waals surface area contributed by atoms with Crippen molar-refractivity contribution in [2.45, 2.75) is 32.7 Å². The molecule has 0 saturated heterocycles. The predicted octanol–water partition coefficient (Wildman–Crippen LogP) is 2.30. The molecule has 0 aromatic heterocycles. The molecule has 9 nitrogen and oxygen atoms in total. The average molecular weight is 468 g/mol. The highest BCUT2D eigenvalue weighted by Crippen LogP contribution is 2.44. The molecule has 1 unspecified atom stereocenters. The average Bonchev–Trinajstić information content (AvgIpc) is 3.13. The van der Waals surface area contributed by atoms with E-state index in [0.717, 1.165) is 22.3 Å². The van der Waals surface area contributed by atoms with Gasteiger partial charge in [-0.2, -0.15) is 0 Å². The van der Waals surface area contributed by atoms with Gasteiger partial charge in [0, 0.05) is 12.8 Å². The molecule has 1 aliphatic rings. The molecule has 3 amide bonds. The minimum atomic E-state index is -0.892. The lowest BCUT2D eigenvalue weighted by Crippen LogP contribution is -2.51. The lowest BCUT2D eigenvalue weighted by atomic mass is 9.98. The zero-order chi connectivity index (χ0) is 24.7. The van der Waals surface area contributed by atoms with E-state index in [1.807, 2.05) is 36.4 Å². The van der Waals surface area contributed by atoms with E-state index in [-0.39, 0.29) is 31.7 Å². The molecule has 2 aromatic rings. The number of benzene rings is 2. The SMILES string of the molecule is CC(=O)OCNC(=O)CNC(=O)C(NC(=O)OCC1c2ccccc2-c2ccccc21)C(C)C. The van der Waals surface area contributed by atoms with E-state index >= 15 is 0 Å². The van der Waals surface area contributed by atoms with Crippen molar-refractivity contribution < 1.29 is 28.7 Å². The summed E-state index contributed by atoms with van der Waals surface area (Å²) >= 11 is 0. The Bertz CT molecular complexity index is 1020. The summed E-state index contributed by atoms with van der Waals surface area (Å²) < 4.78 is 10.1. The van der Waals surface area contributed by atoms with Crippen LogP contribution in [0.25, 0.3) is 11.1 Å². The highest BCUT2D eigenvalue weighted by atomic mass is 16.5. The second kappa shape index (κ2) is 11.3. The molecule has 0 fully saturated rings. The molecule has 180 valence electrons. The van der Waals surface area contributed by atoms with Crippen molar-refractivity contribution in [3.8, 4) is 11.1 Å². The Labute approximate surface area is 198 Å². The monoisotopic (exact) mass is 467 g/mol. The Morgan fingerprint density at radius 1 is 0.882 bits per heavy atom. The second-order valence-corrected chi connectivity index (χ2v) is 8.29. The maximum Gasteiger partial charge on any atom is 0.407 e. The summed E-state index contributed by atoms with van der Waals surface area (Å²) in [5.41, 5.74) is 4.43. The number of alkyl carbamates (subject to hydrolysis) is 1. The zero-order valence-electron chi connectivity index (χ0n) is 19.4. The molecular formula is C25H29N3O6. The summed E-state index contributed by atoms with van der Waals surface area (Å²) in [7, 11) is 0. The summed E-state index contributed by atoms with van der Waals surface area (Å²) in [4.78, 5) is 47.6. The van der Waals surface area contributed by atoms with E-state index in [2.05, 4.69) is 32.8 Å². The van der Waals surface area contributed by atoms with E-state index in [1.165, 1.54) is 6.92 Å². The molecule has 0 bridgehead atoms. The number of esters is 1. The molecule has 0 radical (unpaired) electrons. The molecule has 0 aliphatic heterocycles. The summed E-state index contributed by atoms with van der Waals surface area (Å²) in [5.74, 6) is -1.92. The Kier molecular flexibility index (Phi) is 8.24. The third-order valence-corrected chi connectivity index (χ3v) is 5.53. The first-order chi connectivity index (χ1) is 16.3. The molecule has 1 atom stereocenters. The molecule has 3 rings (SSSR count). The molecule has 3 N–H and O–H groups in total. The quantitative estimate of drug-likeness (QED) is 0.384. The van der Waals surface area contributed by atoms with E-state index in [0.29, 0.717) is 0 Å². The van der Waals surface area contributed by atoms with Gasteiger partial charge in [0.05, 0.1) is 6.54 Å². The van der Waals surface area contributed by atoms with Gasteiger partial charge in [-0.1, -0.05) is 62.4 Å². The van der Waals surface area contributed by atoms with Crippen molar-refractivity contribution in [2.75, 3.05) is 19.9 Å². The first-order valence-electron chi connectivity index (χ1n) is 11.1. The van der Waals surface area contributed by atoms with Crippen LogP contribution in [-0.4, -0.2) is 49.8 Å². The van der Waals surface area contributed by atoms with Crippen LogP contribution in [0.3, 0.4) is 0 Å². The zero-order valence-corrected chi connectivity index (χ0v) is 19.4. The van der Waals surface area contributed by atoms with Gasteiger partial charge in [-0.05, 0) is 28.2 Å². The van der Waals surface area contributed by atoms with Gasteiger partial charge in [0.1, 0.15) is 12.6 Å². The van der Waals surface area contributed by atoms with Crippen molar-refractivity contribution in [2.24, 2.45) is 5.92 Å². The van der Waals surface area contributed by atoms with Crippen molar-refractivity contribution in [1.29, 1.82) is 0 Å². The molecule has 0 spiro atoms. The summed E-state index contributed by atoms with van der Waals surface area (Å²) in [6.07, 6.45) is -0.713. The van der Waals surface area contributed by atoms with Crippen LogP contribution >= 0.6 is 0 Å². The van der Waals surface area contributed by atoms with Crippen LogP contribution in [-0.2, 0) is 23.9 Å². The van der Waals surface area contributed by atoms with Gasteiger partial charge in [-0.15, -0.1) is 0 Å². The fraction of sp³-hybridized carbons (Fsp3) is 0.360. The lowest BCUT2D eigenvalue weighted by molar-refractivity contribution is -0.143. The number of carbonyl (C=O) groups excluding carboxylic acids is 4. The van der Waals surface area contributed by atoms with Gasteiger partial charge < -0.3 is 25.4 Å². The van der Waals surface area contributed by atoms with Crippen LogP contribution in [0.15, 0.2) is 48.5 Å². The number of ether oxygens (including phenoxy) is 2. The van der Waals surface area contributed by atoms with Crippen LogP contribution in [0.5, 0.6) is 0 Å². The summed E-state index contributed by atoms with van der Waals surface area (Å²) in [5, 5.41) is 7.40. The molecule has 1 aliphatic carbocycles. The third-order valence-electron chi connectivity index (χ3n) is 5.53. The molecule has 34 heavy (non-hydrogen) atoms. The van der Waals surface area contributed by atoms with Gasteiger partial charge in [-0.3, -0.25) is 14.4 Å². The fourth-order valence-corrected chi connectivity index (χ4v) is 3.86. The topological polar surface area (TPSA) is 123 Å². The van der Waals surface area contributed by atoms with Crippen LogP contribution in [0.2, 0.25) is 0 Å². The number of nitrogens with one attached hydrogen (secondary N) is 3. The smallest absolute Gasteiger partial charge is 0.407 e. The van der Waals surface area contributed by atoms with Gasteiger partial charge in [0.2, 0.25) is 11.8 Å². The molecular weight excluding hydrogens is 438 g/mol. The Morgan fingerprint density at radius 2 is 1.47 bits per heavy atom. The molecule has 0 saturated carbocycles. The second-order valence-electron chi connectivity index (χ2n) is 8.29. The van der Waals surface area contributed by atoms with Crippen molar-refractivity contribution in [3.63, 3.8) is 0 Å². The van der Waals surface area contributed by atoms with Crippen LogP contribution in [0.4, 0.5) is 4.79 Å². The normalized spacial score (nSPS) is 12.8. The highest BCUT2D eigenvalue weighted by Gasteiger charge is 2.30. The maximum atomic E-state index is 12.5. The van der Waals surface area contributed by atoms with Crippen molar-refractivity contribution >= 4 is 23.9 Å². The third kappa shape index (κ3) is 6.12. The molecule has 0 heterocycles. The number of amides is 3. The fourth-order valence-electron chi connectivity index (χ4n) is 3.86. The minimum Gasteiger partial charge on any atom is -0.449 e. The van der Waals surface area contributed by atoms with Gasteiger partial charge in [0.15, 0.2) is 6.73 Å². The van der Waals surface area contributed by atoms with Gasteiger partial charge in [-0.25, -0.2) is 4.79 Å². The van der Waals surface area contributed by atoms with Gasteiger partial charge >= 0.3 is 12.1 Å².